The molecule has 0 radical (unpaired) electrons. The normalized spacial score (nSPS) is 33.5. The maximum Gasteiger partial charge on any atom is 0.164 e. The predicted molar refractivity (Wildman–Crippen MR) is 106 cm³/mol. The molecule has 2 aliphatic rings. The van der Waals surface area contributed by atoms with Crippen molar-refractivity contribution in [3.05, 3.63) is 35.9 Å². The third-order valence-corrected chi connectivity index (χ3v) is 5.18. The van der Waals surface area contributed by atoms with E-state index >= 15 is 0 Å². The lowest BCUT2D eigenvalue weighted by molar-refractivity contribution is -0.175. The Balaban J connectivity index is 1.81. The first-order valence-corrected chi connectivity index (χ1v) is 10.3. The third-order valence-electron chi connectivity index (χ3n) is 4.31. The van der Waals surface area contributed by atoms with E-state index in [0.717, 1.165) is 9.99 Å². The summed E-state index contributed by atoms with van der Waals surface area (Å²) in [6, 6.07) is 9.55. The second-order valence-corrected chi connectivity index (χ2v) is 8.32. The molecule has 2 saturated heterocycles. The molecule has 0 saturated carbocycles. The van der Waals surface area contributed by atoms with Crippen LogP contribution >= 0.6 is 22.6 Å². The number of ether oxygens (including phenoxy) is 4. The lowest BCUT2D eigenvalue weighted by Gasteiger charge is -2.26. The first-order valence-electron chi connectivity index (χ1n) is 8.73. The Morgan fingerprint density at radius 2 is 1.62 bits per heavy atom. The molecular weight excluding hydrogens is 447 g/mol. The molecule has 1 N–H and O–H groups in total. The van der Waals surface area contributed by atoms with Crippen LogP contribution in [0.4, 0.5) is 0 Å². The van der Waals surface area contributed by atoms with Gasteiger partial charge in [-0.05, 0) is 39.8 Å². The van der Waals surface area contributed by atoms with Crippen molar-refractivity contribution in [2.24, 2.45) is 0 Å². The number of benzene rings is 1. The average Bonchev–Trinajstić information content (AvgIpc) is 3.08. The summed E-state index contributed by atoms with van der Waals surface area (Å²) in [7, 11) is 0. The molecule has 0 spiro atoms. The zero-order valence-electron chi connectivity index (χ0n) is 15.4. The summed E-state index contributed by atoms with van der Waals surface area (Å²) >= 11 is 2.27. The molecule has 3 rings (SSSR count). The number of halogens is 1. The van der Waals surface area contributed by atoms with Crippen LogP contribution in [0.3, 0.4) is 0 Å². The quantitative estimate of drug-likeness (QED) is 0.417. The average molecular weight is 472 g/mol. The number of alkyl halides is 1. The van der Waals surface area contributed by atoms with Gasteiger partial charge in [0, 0.05) is 9.99 Å². The smallest absolute Gasteiger partial charge is 0.164 e. The first kappa shape index (κ1) is 20.1. The van der Waals surface area contributed by atoms with Crippen molar-refractivity contribution < 1.29 is 24.1 Å². The summed E-state index contributed by atoms with van der Waals surface area (Å²) in [6.07, 6.45) is -2.54. The van der Waals surface area contributed by atoms with Gasteiger partial charge in [0.2, 0.25) is 0 Å². The zero-order chi connectivity index (χ0) is 18.9. The Morgan fingerprint density at radius 1 is 1.00 bits per heavy atom. The molecule has 5 nitrogen and oxygen atoms in total. The van der Waals surface area contributed by atoms with Gasteiger partial charge in [-0.15, -0.1) is 0 Å². The molecule has 1 aromatic rings. The summed E-state index contributed by atoms with van der Waals surface area (Å²) in [5, 5.41) is 10.7. The highest BCUT2D eigenvalue weighted by atomic mass is 127. The molecule has 26 heavy (non-hydrogen) atoms. The number of rotatable bonds is 3. The van der Waals surface area contributed by atoms with Crippen LogP contribution in [0.2, 0.25) is 0 Å². The van der Waals surface area contributed by atoms with E-state index in [2.05, 4.69) is 34.4 Å². The summed E-state index contributed by atoms with van der Waals surface area (Å²) in [5.41, 5.74) is 0.841. The van der Waals surface area contributed by atoms with Gasteiger partial charge in [0.05, 0.1) is 6.10 Å². The van der Waals surface area contributed by atoms with Crippen LogP contribution in [0, 0.1) is 11.8 Å². The number of hydrogen-bond donors (Lipinski definition) is 1. The van der Waals surface area contributed by atoms with Crippen LogP contribution in [0.25, 0.3) is 0 Å². The molecule has 0 aromatic heterocycles. The van der Waals surface area contributed by atoms with Crippen LogP contribution in [0.15, 0.2) is 30.3 Å². The summed E-state index contributed by atoms with van der Waals surface area (Å²) in [5.74, 6) is 4.36. The standard InChI is InChI=1S/C20H25IO5/c1-19(2)23-15(12-21)17(25-19)18-16(24-20(3,4)26-18)14(22)11-10-13-8-6-5-7-9-13/h5-9,14-18,22H,12H2,1-4H3/t14-,15+,16-,17+,18+/m0/s1. The minimum Gasteiger partial charge on any atom is -0.377 e. The minimum absolute atomic E-state index is 0.134. The fourth-order valence-corrected chi connectivity index (χ4v) is 4.02. The van der Waals surface area contributed by atoms with Crippen molar-refractivity contribution in [1.29, 1.82) is 0 Å². The van der Waals surface area contributed by atoms with Gasteiger partial charge in [-0.2, -0.15) is 0 Å². The van der Waals surface area contributed by atoms with Crippen LogP contribution in [0.5, 0.6) is 0 Å². The molecule has 1 aromatic carbocycles. The largest absolute Gasteiger partial charge is 0.377 e. The molecule has 2 fully saturated rings. The van der Waals surface area contributed by atoms with E-state index in [4.69, 9.17) is 18.9 Å². The second-order valence-electron chi connectivity index (χ2n) is 7.44. The lowest BCUT2D eigenvalue weighted by atomic mass is 10.00. The van der Waals surface area contributed by atoms with Crippen LogP contribution in [-0.4, -0.2) is 51.6 Å². The molecule has 2 heterocycles. The lowest BCUT2D eigenvalue weighted by Crippen LogP contribution is -2.46. The number of hydrogen-bond acceptors (Lipinski definition) is 5. The van der Waals surface area contributed by atoms with Crippen molar-refractivity contribution in [1.82, 2.24) is 0 Å². The Bertz CT molecular complexity index is 678. The Morgan fingerprint density at radius 3 is 2.27 bits per heavy atom. The maximum atomic E-state index is 10.7. The van der Waals surface area contributed by atoms with Gasteiger partial charge in [0.25, 0.3) is 0 Å². The highest BCUT2D eigenvalue weighted by Crippen LogP contribution is 2.39. The molecule has 0 aliphatic carbocycles. The molecule has 5 atom stereocenters. The van der Waals surface area contributed by atoms with E-state index in [-0.39, 0.29) is 12.2 Å². The molecule has 0 bridgehead atoms. The Labute approximate surface area is 168 Å². The molecule has 2 aliphatic heterocycles. The fraction of sp³-hybridized carbons (Fsp3) is 0.600. The van der Waals surface area contributed by atoms with E-state index in [9.17, 15) is 5.11 Å². The van der Waals surface area contributed by atoms with Gasteiger partial charge in [0.15, 0.2) is 11.6 Å². The Kier molecular flexibility index (Phi) is 5.97. The van der Waals surface area contributed by atoms with Crippen molar-refractivity contribution in [2.75, 3.05) is 4.43 Å². The first-order chi connectivity index (χ1) is 12.2. The van der Waals surface area contributed by atoms with Gasteiger partial charge in [-0.3, -0.25) is 0 Å². The molecule has 0 amide bonds. The van der Waals surface area contributed by atoms with Crippen molar-refractivity contribution >= 4 is 22.6 Å². The van der Waals surface area contributed by atoms with E-state index in [0.29, 0.717) is 0 Å². The SMILES string of the molecule is CC1(C)O[C@@H]([C@@H]2OC(C)(C)O[C@@H]2CI)[C@H]([C@@H](O)C#Cc2ccccc2)O1. The van der Waals surface area contributed by atoms with E-state index in [1.807, 2.05) is 58.0 Å². The monoisotopic (exact) mass is 472 g/mol. The van der Waals surface area contributed by atoms with E-state index in [1.165, 1.54) is 0 Å². The van der Waals surface area contributed by atoms with Crippen LogP contribution in [0.1, 0.15) is 33.3 Å². The predicted octanol–water partition coefficient (Wildman–Crippen LogP) is 2.87. The minimum atomic E-state index is -0.996. The summed E-state index contributed by atoms with van der Waals surface area (Å²) < 4.78 is 24.9. The van der Waals surface area contributed by atoms with Crippen LogP contribution < -0.4 is 0 Å². The van der Waals surface area contributed by atoms with Crippen molar-refractivity contribution in [3.63, 3.8) is 0 Å². The summed E-state index contributed by atoms with van der Waals surface area (Å²) in [4.78, 5) is 0. The molecule has 142 valence electrons. The Hall–Kier alpha value is -0.690. The highest BCUT2D eigenvalue weighted by molar-refractivity contribution is 14.1. The summed E-state index contributed by atoms with van der Waals surface area (Å²) in [6.45, 7) is 7.43. The topological polar surface area (TPSA) is 57.2 Å². The van der Waals surface area contributed by atoms with Crippen molar-refractivity contribution in [2.45, 2.75) is 69.8 Å². The van der Waals surface area contributed by atoms with Gasteiger partial charge in [0.1, 0.15) is 24.4 Å². The third kappa shape index (κ3) is 4.58. The number of aliphatic hydroxyl groups is 1. The van der Waals surface area contributed by atoms with Crippen LogP contribution in [-0.2, 0) is 18.9 Å². The second kappa shape index (κ2) is 7.74. The highest BCUT2D eigenvalue weighted by Gasteiger charge is 2.55. The van der Waals surface area contributed by atoms with E-state index < -0.39 is 29.9 Å². The molecular formula is C20H25IO5. The van der Waals surface area contributed by atoms with E-state index in [1.54, 1.807) is 0 Å². The fourth-order valence-electron chi connectivity index (χ4n) is 3.34. The van der Waals surface area contributed by atoms with Crippen molar-refractivity contribution in [3.8, 4) is 11.8 Å². The van der Waals surface area contributed by atoms with Gasteiger partial charge in [-0.25, -0.2) is 0 Å². The van der Waals surface area contributed by atoms with Gasteiger partial charge < -0.3 is 24.1 Å². The molecule has 0 unspecified atom stereocenters. The zero-order valence-corrected chi connectivity index (χ0v) is 17.6. The number of aliphatic hydroxyl groups excluding tert-OH is 1. The maximum absolute atomic E-state index is 10.7. The van der Waals surface area contributed by atoms with Gasteiger partial charge >= 0.3 is 0 Å². The molecule has 6 heteroatoms. The van der Waals surface area contributed by atoms with Gasteiger partial charge in [-0.1, -0.05) is 52.6 Å².